The van der Waals surface area contributed by atoms with Gasteiger partial charge in [-0.05, 0) is 84.3 Å². The van der Waals surface area contributed by atoms with Gasteiger partial charge in [-0.25, -0.2) is 13.2 Å². The van der Waals surface area contributed by atoms with Crippen LogP contribution in [-0.4, -0.2) is 48.2 Å². The zero-order valence-electron chi connectivity index (χ0n) is 21.7. The maximum absolute atomic E-state index is 14.5. The van der Waals surface area contributed by atoms with Crippen LogP contribution < -0.4 is 15.4 Å². The van der Waals surface area contributed by atoms with Crippen LogP contribution in [0.25, 0.3) is 22.0 Å². The van der Waals surface area contributed by atoms with E-state index in [1.54, 1.807) is 12.1 Å². The van der Waals surface area contributed by atoms with Crippen molar-refractivity contribution in [2.24, 2.45) is 0 Å². The summed E-state index contributed by atoms with van der Waals surface area (Å²) in [6, 6.07) is 8.58. The summed E-state index contributed by atoms with van der Waals surface area (Å²) in [6.45, 7) is -0.0123. The van der Waals surface area contributed by atoms with Crippen LogP contribution in [0, 0.1) is 17.5 Å². The maximum atomic E-state index is 14.5. The Kier molecular flexibility index (Phi) is 7.79. The molecular formula is C30H28F3N3O4. The fourth-order valence-corrected chi connectivity index (χ4v) is 5.07. The van der Waals surface area contributed by atoms with Crippen molar-refractivity contribution in [1.82, 2.24) is 15.6 Å². The molecule has 4 aromatic rings. The number of carbonyl (C=O) groups excluding carboxylic acids is 2. The molecule has 208 valence electrons. The molecule has 2 amide bonds. The van der Waals surface area contributed by atoms with Gasteiger partial charge in [0.1, 0.15) is 23.2 Å². The molecule has 0 saturated carbocycles. The summed E-state index contributed by atoms with van der Waals surface area (Å²) in [4.78, 5) is 28.6. The predicted molar refractivity (Wildman–Crippen MR) is 144 cm³/mol. The Hall–Kier alpha value is -4.31. The minimum absolute atomic E-state index is 0.104. The molecular weight excluding hydrogens is 523 g/mol. The minimum atomic E-state index is -0.781. The van der Waals surface area contributed by atoms with Gasteiger partial charge in [-0.15, -0.1) is 0 Å². The Morgan fingerprint density at radius 2 is 1.77 bits per heavy atom. The van der Waals surface area contributed by atoms with E-state index < -0.39 is 41.9 Å². The fraction of sp³-hybridized carbons (Fsp3) is 0.267. The summed E-state index contributed by atoms with van der Waals surface area (Å²) in [6.07, 6.45) is 3.88. The molecule has 7 nitrogen and oxygen atoms in total. The number of fused-ring (bicyclic) bond motifs is 2. The quantitative estimate of drug-likeness (QED) is 0.268. The normalized spacial score (nSPS) is 13.7. The van der Waals surface area contributed by atoms with Gasteiger partial charge in [0.15, 0.2) is 0 Å². The van der Waals surface area contributed by atoms with Crippen molar-refractivity contribution in [3.05, 3.63) is 88.4 Å². The third-order valence-electron chi connectivity index (χ3n) is 7.03. The number of halogens is 3. The van der Waals surface area contributed by atoms with E-state index in [1.165, 1.54) is 25.4 Å². The van der Waals surface area contributed by atoms with Crippen molar-refractivity contribution in [2.75, 3.05) is 20.3 Å². The van der Waals surface area contributed by atoms with E-state index in [4.69, 9.17) is 4.74 Å². The van der Waals surface area contributed by atoms with E-state index in [1.807, 2.05) is 6.07 Å². The third kappa shape index (κ3) is 5.53. The van der Waals surface area contributed by atoms with Gasteiger partial charge in [0, 0.05) is 30.3 Å². The SMILES string of the molecule is CNC(=O)c1cc(F)cc(-c2cc3c(c(C(=O)NC(CO)Cc4c[nH]c5c(F)cc(F)cc45)c2)OCCCC3)c1. The highest BCUT2D eigenvalue weighted by molar-refractivity contribution is 6.00. The average Bonchev–Trinajstić information content (AvgIpc) is 3.18. The van der Waals surface area contributed by atoms with Crippen LogP contribution in [-0.2, 0) is 12.8 Å². The largest absolute Gasteiger partial charge is 0.492 e. The van der Waals surface area contributed by atoms with Gasteiger partial charge in [-0.2, -0.15) is 0 Å². The number of aromatic amines is 1. The second-order valence-electron chi connectivity index (χ2n) is 9.81. The van der Waals surface area contributed by atoms with E-state index in [0.29, 0.717) is 40.9 Å². The van der Waals surface area contributed by atoms with Crippen LogP contribution in [0.3, 0.4) is 0 Å². The number of rotatable bonds is 7. The van der Waals surface area contributed by atoms with Crippen molar-refractivity contribution < 1.29 is 32.6 Å². The first-order valence-electron chi connectivity index (χ1n) is 13.0. The summed E-state index contributed by atoms with van der Waals surface area (Å²) in [5.41, 5.74) is 2.73. The number of aromatic nitrogens is 1. The van der Waals surface area contributed by atoms with Crippen molar-refractivity contribution >= 4 is 22.7 Å². The van der Waals surface area contributed by atoms with Gasteiger partial charge in [-0.3, -0.25) is 9.59 Å². The Bertz CT molecular complexity index is 1600. The molecule has 0 spiro atoms. The van der Waals surface area contributed by atoms with E-state index in [9.17, 15) is 27.9 Å². The highest BCUT2D eigenvalue weighted by Gasteiger charge is 2.24. The highest BCUT2D eigenvalue weighted by atomic mass is 19.1. The monoisotopic (exact) mass is 551 g/mol. The topological polar surface area (TPSA) is 103 Å². The lowest BCUT2D eigenvalue weighted by atomic mass is 9.94. The number of ether oxygens (including phenoxy) is 1. The van der Waals surface area contributed by atoms with Crippen molar-refractivity contribution in [3.63, 3.8) is 0 Å². The summed E-state index contributed by atoms with van der Waals surface area (Å²) in [7, 11) is 1.45. The first kappa shape index (κ1) is 27.3. The molecule has 0 fully saturated rings. The molecule has 2 heterocycles. The van der Waals surface area contributed by atoms with Crippen molar-refractivity contribution in [3.8, 4) is 16.9 Å². The van der Waals surface area contributed by atoms with Gasteiger partial charge >= 0.3 is 0 Å². The summed E-state index contributed by atoms with van der Waals surface area (Å²) < 4.78 is 48.4. The zero-order chi connectivity index (χ0) is 28.4. The van der Waals surface area contributed by atoms with Crippen LogP contribution in [0.15, 0.2) is 48.7 Å². The molecule has 1 atom stereocenters. The molecule has 40 heavy (non-hydrogen) atoms. The lowest BCUT2D eigenvalue weighted by Crippen LogP contribution is -2.39. The molecule has 1 aliphatic heterocycles. The van der Waals surface area contributed by atoms with Gasteiger partial charge in [0.2, 0.25) is 0 Å². The maximum Gasteiger partial charge on any atom is 0.255 e. The number of H-pyrrole nitrogens is 1. The van der Waals surface area contributed by atoms with Crippen LogP contribution in [0.1, 0.15) is 44.7 Å². The third-order valence-corrected chi connectivity index (χ3v) is 7.03. The molecule has 0 bridgehead atoms. The molecule has 1 aromatic heterocycles. The Morgan fingerprint density at radius 1 is 1.00 bits per heavy atom. The number of carbonyl (C=O) groups is 2. The lowest BCUT2D eigenvalue weighted by molar-refractivity contribution is 0.0911. The number of benzene rings is 3. The predicted octanol–water partition coefficient (Wildman–Crippen LogP) is 4.66. The molecule has 0 aliphatic carbocycles. The molecule has 3 aromatic carbocycles. The number of aryl methyl sites for hydroxylation is 1. The fourth-order valence-electron chi connectivity index (χ4n) is 5.07. The first-order valence-corrected chi connectivity index (χ1v) is 13.0. The van der Waals surface area contributed by atoms with E-state index in [2.05, 4.69) is 15.6 Å². The van der Waals surface area contributed by atoms with Crippen molar-refractivity contribution in [1.29, 1.82) is 0 Å². The summed E-state index contributed by atoms with van der Waals surface area (Å²) in [5, 5.41) is 15.7. The number of hydrogen-bond donors (Lipinski definition) is 4. The molecule has 0 radical (unpaired) electrons. The standard InChI is InChI=1S/C30H28F3N3O4/c1-34-29(38)19-7-17(8-21(31)9-19)18-6-16-4-2-3-5-40-28(16)25(11-18)30(39)36-23(15-37)10-20-14-35-27-24(20)12-22(32)13-26(27)33/h6-9,11-14,23,35,37H,2-5,10,15H2,1H3,(H,34,38)(H,36,39). The highest BCUT2D eigenvalue weighted by Crippen LogP contribution is 2.35. The number of aliphatic hydroxyl groups excluding tert-OH is 1. The smallest absolute Gasteiger partial charge is 0.255 e. The molecule has 4 N–H and O–H groups in total. The minimum Gasteiger partial charge on any atom is -0.492 e. The second-order valence-corrected chi connectivity index (χ2v) is 9.81. The van der Waals surface area contributed by atoms with Crippen LogP contribution in [0.5, 0.6) is 5.75 Å². The lowest BCUT2D eigenvalue weighted by Gasteiger charge is -2.20. The molecule has 0 saturated heterocycles. The molecule has 1 unspecified atom stereocenters. The van der Waals surface area contributed by atoms with E-state index in [-0.39, 0.29) is 23.1 Å². The number of nitrogens with one attached hydrogen (secondary N) is 3. The summed E-state index contributed by atoms with van der Waals surface area (Å²) in [5.74, 6) is -2.63. The molecule has 5 rings (SSSR count). The number of hydrogen-bond acceptors (Lipinski definition) is 4. The second kappa shape index (κ2) is 11.4. The first-order chi connectivity index (χ1) is 19.3. The van der Waals surface area contributed by atoms with E-state index >= 15 is 0 Å². The molecule has 10 heteroatoms. The average molecular weight is 552 g/mol. The van der Waals surface area contributed by atoms with Gasteiger partial charge < -0.3 is 25.5 Å². The van der Waals surface area contributed by atoms with E-state index in [0.717, 1.165) is 30.5 Å². The number of aliphatic hydroxyl groups is 1. The van der Waals surface area contributed by atoms with Crippen LogP contribution >= 0.6 is 0 Å². The van der Waals surface area contributed by atoms with Crippen LogP contribution in [0.4, 0.5) is 13.2 Å². The van der Waals surface area contributed by atoms with Gasteiger partial charge in [-0.1, -0.05) is 0 Å². The molecule has 1 aliphatic rings. The van der Waals surface area contributed by atoms with Gasteiger partial charge in [0.25, 0.3) is 11.8 Å². The number of amides is 2. The Morgan fingerprint density at radius 3 is 2.55 bits per heavy atom. The van der Waals surface area contributed by atoms with Gasteiger partial charge in [0.05, 0.1) is 30.3 Å². The summed E-state index contributed by atoms with van der Waals surface area (Å²) >= 11 is 0. The Labute approximate surface area is 228 Å². The van der Waals surface area contributed by atoms with Crippen molar-refractivity contribution in [2.45, 2.75) is 31.7 Å². The van der Waals surface area contributed by atoms with Crippen LogP contribution in [0.2, 0.25) is 0 Å². The Balaban J connectivity index is 1.49. The zero-order valence-corrected chi connectivity index (χ0v) is 21.7.